The molecular formula is C12H8N4O4. The van der Waals surface area contributed by atoms with E-state index in [2.05, 4.69) is 10.2 Å². The van der Waals surface area contributed by atoms with Crippen LogP contribution in [0, 0.1) is 0 Å². The summed E-state index contributed by atoms with van der Waals surface area (Å²) in [6, 6.07) is 6.25. The molecule has 0 unspecified atom stereocenters. The molecule has 2 heterocycles. The number of benzene rings is 1. The Morgan fingerprint density at radius 3 is 2.15 bits per heavy atom. The Morgan fingerprint density at radius 2 is 1.60 bits per heavy atom. The van der Waals surface area contributed by atoms with Gasteiger partial charge in [-0.1, -0.05) is 17.2 Å². The Bertz CT molecular complexity index is 660. The first-order valence-electron chi connectivity index (χ1n) is 5.69. The van der Waals surface area contributed by atoms with Gasteiger partial charge in [-0.3, -0.25) is 9.59 Å². The molecule has 1 aliphatic heterocycles. The van der Waals surface area contributed by atoms with Crippen molar-refractivity contribution in [3.8, 4) is 0 Å². The molecule has 2 amide bonds. The molecule has 8 heteroatoms. The maximum atomic E-state index is 11.9. The van der Waals surface area contributed by atoms with Crippen LogP contribution in [0.25, 0.3) is 0 Å². The lowest BCUT2D eigenvalue weighted by molar-refractivity contribution is -0.169. The normalized spacial score (nSPS) is 13.5. The van der Waals surface area contributed by atoms with Gasteiger partial charge in [-0.05, 0) is 12.1 Å². The fourth-order valence-electron chi connectivity index (χ4n) is 1.82. The number of fused-ring (bicyclic) bond motifs is 1. The molecule has 3 rings (SSSR count). The second-order valence-electron chi connectivity index (χ2n) is 3.97. The Labute approximate surface area is 112 Å². The molecular weight excluding hydrogens is 264 g/mol. The highest BCUT2D eigenvalue weighted by Crippen LogP contribution is 2.22. The van der Waals surface area contributed by atoms with Crippen LogP contribution >= 0.6 is 0 Å². The lowest BCUT2D eigenvalue weighted by Gasteiger charge is -2.12. The topological polar surface area (TPSA) is 94.4 Å². The first kappa shape index (κ1) is 12.0. The summed E-state index contributed by atoms with van der Waals surface area (Å²) in [7, 11) is 0. The number of rotatable bonds is 3. The SMILES string of the molecule is O=C(Cn1nccn1)ON1C(=O)c2ccccc2C1=O. The average Bonchev–Trinajstić information content (AvgIpc) is 3.03. The summed E-state index contributed by atoms with van der Waals surface area (Å²) in [6.07, 6.45) is 2.80. The van der Waals surface area contributed by atoms with Crippen LogP contribution in [0.3, 0.4) is 0 Å². The Kier molecular flexibility index (Phi) is 2.75. The molecule has 0 bridgehead atoms. The highest BCUT2D eigenvalue weighted by molar-refractivity contribution is 6.20. The van der Waals surface area contributed by atoms with E-state index in [1.807, 2.05) is 0 Å². The van der Waals surface area contributed by atoms with Crippen LogP contribution in [-0.4, -0.2) is 37.8 Å². The predicted octanol–water partition coefficient (Wildman–Crippen LogP) is 0.0325. The van der Waals surface area contributed by atoms with Crippen LogP contribution in [0.2, 0.25) is 0 Å². The van der Waals surface area contributed by atoms with Gasteiger partial charge in [0.1, 0.15) is 0 Å². The second-order valence-corrected chi connectivity index (χ2v) is 3.97. The predicted molar refractivity (Wildman–Crippen MR) is 63.1 cm³/mol. The van der Waals surface area contributed by atoms with Gasteiger partial charge in [-0.15, -0.1) is 0 Å². The number of nitrogens with zero attached hydrogens (tertiary/aromatic N) is 4. The third kappa shape index (κ3) is 1.92. The van der Waals surface area contributed by atoms with Crippen LogP contribution in [0.1, 0.15) is 20.7 Å². The maximum absolute atomic E-state index is 11.9. The molecule has 0 atom stereocenters. The minimum Gasteiger partial charge on any atom is -0.328 e. The Balaban J connectivity index is 1.75. The van der Waals surface area contributed by atoms with E-state index >= 15 is 0 Å². The third-order valence-electron chi connectivity index (χ3n) is 2.69. The largest absolute Gasteiger partial charge is 0.356 e. The van der Waals surface area contributed by atoms with Gasteiger partial charge in [0.25, 0.3) is 11.8 Å². The molecule has 2 aromatic rings. The van der Waals surface area contributed by atoms with Crippen LogP contribution in [0.15, 0.2) is 36.7 Å². The summed E-state index contributed by atoms with van der Waals surface area (Å²) in [4.78, 5) is 41.4. The minimum absolute atomic E-state index is 0.211. The van der Waals surface area contributed by atoms with Gasteiger partial charge in [0.05, 0.1) is 23.5 Å². The van der Waals surface area contributed by atoms with Crippen molar-refractivity contribution in [2.24, 2.45) is 0 Å². The molecule has 0 N–H and O–H groups in total. The third-order valence-corrected chi connectivity index (χ3v) is 2.69. The zero-order valence-corrected chi connectivity index (χ0v) is 10.1. The summed E-state index contributed by atoms with van der Waals surface area (Å²) in [5.41, 5.74) is 0.421. The Hall–Kier alpha value is -3.03. The fraction of sp³-hybridized carbons (Fsp3) is 0.0833. The van der Waals surface area contributed by atoms with Crippen molar-refractivity contribution in [3.05, 3.63) is 47.8 Å². The molecule has 1 aromatic carbocycles. The summed E-state index contributed by atoms with van der Waals surface area (Å²) in [6.45, 7) is -0.291. The quantitative estimate of drug-likeness (QED) is 0.732. The first-order valence-corrected chi connectivity index (χ1v) is 5.69. The van der Waals surface area contributed by atoms with Gasteiger partial charge < -0.3 is 4.84 Å². The van der Waals surface area contributed by atoms with Crippen molar-refractivity contribution in [3.63, 3.8) is 0 Å². The smallest absolute Gasteiger partial charge is 0.328 e. The van der Waals surface area contributed by atoms with Crippen molar-refractivity contribution in [2.75, 3.05) is 0 Å². The molecule has 1 aromatic heterocycles. The summed E-state index contributed by atoms with van der Waals surface area (Å²) >= 11 is 0. The van der Waals surface area contributed by atoms with E-state index < -0.39 is 17.8 Å². The van der Waals surface area contributed by atoms with Crippen LogP contribution in [0.5, 0.6) is 0 Å². The van der Waals surface area contributed by atoms with Gasteiger partial charge in [0, 0.05) is 0 Å². The molecule has 0 saturated carbocycles. The van der Waals surface area contributed by atoms with E-state index in [-0.39, 0.29) is 17.7 Å². The molecule has 0 aliphatic carbocycles. The van der Waals surface area contributed by atoms with Crippen molar-refractivity contribution in [2.45, 2.75) is 6.54 Å². The monoisotopic (exact) mass is 272 g/mol. The molecule has 0 saturated heterocycles. The van der Waals surface area contributed by atoms with E-state index in [4.69, 9.17) is 4.84 Å². The number of hydrogen-bond acceptors (Lipinski definition) is 6. The number of amides is 2. The van der Waals surface area contributed by atoms with Crippen molar-refractivity contribution in [1.29, 1.82) is 0 Å². The van der Waals surface area contributed by atoms with Gasteiger partial charge >= 0.3 is 5.97 Å². The molecule has 1 aliphatic rings. The molecule has 0 radical (unpaired) electrons. The summed E-state index contributed by atoms with van der Waals surface area (Å²) in [5.74, 6) is -2.13. The molecule has 0 fully saturated rings. The van der Waals surface area contributed by atoms with Crippen LogP contribution in [-0.2, 0) is 16.2 Å². The van der Waals surface area contributed by atoms with Gasteiger partial charge in [0.15, 0.2) is 6.54 Å². The number of imide groups is 1. The van der Waals surface area contributed by atoms with Crippen LogP contribution in [0.4, 0.5) is 0 Å². The van der Waals surface area contributed by atoms with Gasteiger partial charge in [-0.2, -0.15) is 15.0 Å². The average molecular weight is 272 g/mol. The zero-order chi connectivity index (χ0) is 14.1. The molecule has 20 heavy (non-hydrogen) atoms. The fourth-order valence-corrected chi connectivity index (χ4v) is 1.82. The lowest BCUT2D eigenvalue weighted by atomic mass is 10.1. The van der Waals surface area contributed by atoms with E-state index in [1.165, 1.54) is 24.5 Å². The number of hydroxylamine groups is 2. The lowest BCUT2D eigenvalue weighted by Crippen LogP contribution is -2.34. The van der Waals surface area contributed by atoms with Crippen molar-refractivity contribution < 1.29 is 19.2 Å². The first-order chi connectivity index (χ1) is 9.66. The Morgan fingerprint density at radius 1 is 1.05 bits per heavy atom. The van der Waals surface area contributed by atoms with E-state index in [1.54, 1.807) is 12.1 Å². The van der Waals surface area contributed by atoms with E-state index in [0.29, 0.717) is 5.06 Å². The number of hydrogen-bond donors (Lipinski definition) is 0. The van der Waals surface area contributed by atoms with E-state index in [0.717, 1.165) is 4.80 Å². The van der Waals surface area contributed by atoms with Crippen molar-refractivity contribution >= 4 is 17.8 Å². The van der Waals surface area contributed by atoms with Gasteiger partial charge in [0.2, 0.25) is 0 Å². The number of carbonyl (C=O) groups is 3. The summed E-state index contributed by atoms with van der Waals surface area (Å²) < 4.78 is 0. The zero-order valence-electron chi connectivity index (χ0n) is 10.1. The highest BCUT2D eigenvalue weighted by Gasteiger charge is 2.38. The summed E-state index contributed by atoms with van der Waals surface area (Å²) in [5, 5.41) is 7.90. The van der Waals surface area contributed by atoms with Crippen LogP contribution < -0.4 is 0 Å². The number of carbonyl (C=O) groups excluding carboxylic acids is 3. The highest BCUT2D eigenvalue weighted by atomic mass is 16.7. The van der Waals surface area contributed by atoms with Crippen molar-refractivity contribution in [1.82, 2.24) is 20.1 Å². The van der Waals surface area contributed by atoms with E-state index in [9.17, 15) is 14.4 Å². The molecule has 0 spiro atoms. The minimum atomic E-state index is -0.810. The maximum Gasteiger partial charge on any atom is 0.356 e. The standard InChI is InChI=1S/C12H8N4O4/c17-10(7-15-13-5-6-14-15)20-16-11(18)8-3-1-2-4-9(8)12(16)19/h1-6H,7H2. The second kappa shape index (κ2) is 4.57. The number of aromatic nitrogens is 3. The molecule has 100 valence electrons. The molecule has 8 nitrogen and oxygen atoms in total. The van der Waals surface area contributed by atoms with Gasteiger partial charge in [-0.25, -0.2) is 4.79 Å².